The molecular formula is C13H28N2O2. The van der Waals surface area contributed by atoms with E-state index in [1.54, 1.807) is 0 Å². The molecule has 0 aliphatic carbocycles. The Kier molecular flexibility index (Phi) is 6.53. The van der Waals surface area contributed by atoms with Gasteiger partial charge >= 0.3 is 6.03 Å². The van der Waals surface area contributed by atoms with Crippen molar-refractivity contribution in [3.05, 3.63) is 0 Å². The zero-order valence-electron chi connectivity index (χ0n) is 12.0. The highest BCUT2D eigenvalue weighted by molar-refractivity contribution is 5.74. The Labute approximate surface area is 105 Å². The van der Waals surface area contributed by atoms with Crippen LogP contribution in [0.2, 0.25) is 0 Å². The molecule has 3 N–H and O–H groups in total. The standard InChI is InChI=1S/C13H28N2O2/c1-9(2)7-11(16)8-14-12(17)15-10(3)13(4,5)6/h9-11,16H,7-8H2,1-6H3,(H2,14,15,17). The van der Waals surface area contributed by atoms with Crippen molar-refractivity contribution in [3.63, 3.8) is 0 Å². The first kappa shape index (κ1) is 16.2. The molecule has 4 nitrogen and oxygen atoms in total. The van der Waals surface area contributed by atoms with Gasteiger partial charge in [-0.25, -0.2) is 4.79 Å². The predicted octanol–water partition coefficient (Wildman–Crippen LogP) is 2.13. The zero-order valence-corrected chi connectivity index (χ0v) is 12.0. The maximum absolute atomic E-state index is 11.6. The van der Waals surface area contributed by atoms with Gasteiger partial charge in [-0.15, -0.1) is 0 Å². The number of hydrogen-bond donors (Lipinski definition) is 3. The Hall–Kier alpha value is -0.770. The third-order valence-electron chi connectivity index (χ3n) is 2.89. The summed E-state index contributed by atoms with van der Waals surface area (Å²) in [5.74, 6) is 0.434. The number of urea groups is 1. The van der Waals surface area contributed by atoms with Crippen LogP contribution in [0.4, 0.5) is 4.79 Å². The maximum Gasteiger partial charge on any atom is 0.315 e. The molecule has 0 spiro atoms. The van der Waals surface area contributed by atoms with Gasteiger partial charge < -0.3 is 15.7 Å². The summed E-state index contributed by atoms with van der Waals surface area (Å²) in [7, 11) is 0. The third kappa shape index (κ3) is 8.02. The molecule has 0 heterocycles. The van der Waals surface area contributed by atoms with Crippen molar-refractivity contribution in [1.29, 1.82) is 0 Å². The monoisotopic (exact) mass is 244 g/mol. The summed E-state index contributed by atoms with van der Waals surface area (Å²) in [6, 6.07) is -0.125. The molecule has 2 atom stereocenters. The lowest BCUT2D eigenvalue weighted by atomic mass is 9.88. The minimum atomic E-state index is -0.467. The number of rotatable bonds is 5. The van der Waals surface area contributed by atoms with Gasteiger partial charge in [-0.2, -0.15) is 0 Å². The van der Waals surface area contributed by atoms with Gasteiger partial charge in [0.05, 0.1) is 6.10 Å². The number of nitrogens with one attached hydrogen (secondary N) is 2. The first-order valence-electron chi connectivity index (χ1n) is 6.35. The molecule has 0 aromatic heterocycles. The minimum absolute atomic E-state index is 0.0356. The summed E-state index contributed by atoms with van der Waals surface area (Å²) in [5.41, 5.74) is 0.0356. The van der Waals surface area contributed by atoms with Crippen LogP contribution in [0.1, 0.15) is 48.0 Å². The average Bonchev–Trinajstić information content (AvgIpc) is 2.12. The number of carbonyl (C=O) groups excluding carboxylic acids is 1. The van der Waals surface area contributed by atoms with Crippen molar-refractivity contribution in [2.45, 2.75) is 60.1 Å². The molecule has 0 rings (SSSR count). The van der Waals surface area contributed by atoms with Gasteiger partial charge in [0, 0.05) is 12.6 Å². The first-order chi connectivity index (χ1) is 7.62. The summed E-state index contributed by atoms with van der Waals surface area (Å²) in [6.45, 7) is 12.6. The molecule has 102 valence electrons. The largest absolute Gasteiger partial charge is 0.391 e. The summed E-state index contributed by atoms with van der Waals surface area (Å²) >= 11 is 0. The topological polar surface area (TPSA) is 61.4 Å². The quantitative estimate of drug-likeness (QED) is 0.694. The Balaban J connectivity index is 3.88. The van der Waals surface area contributed by atoms with Gasteiger partial charge in [-0.05, 0) is 24.7 Å². The van der Waals surface area contributed by atoms with Crippen molar-refractivity contribution < 1.29 is 9.90 Å². The van der Waals surface area contributed by atoms with Gasteiger partial charge in [0.15, 0.2) is 0 Å². The number of hydrogen-bond acceptors (Lipinski definition) is 2. The predicted molar refractivity (Wildman–Crippen MR) is 70.9 cm³/mol. The van der Waals surface area contributed by atoms with Crippen LogP contribution in [0.5, 0.6) is 0 Å². The van der Waals surface area contributed by atoms with E-state index in [1.165, 1.54) is 0 Å². The highest BCUT2D eigenvalue weighted by Gasteiger charge is 2.21. The molecule has 0 aromatic carbocycles. The van der Waals surface area contributed by atoms with Crippen LogP contribution >= 0.6 is 0 Å². The van der Waals surface area contributed by atoms with Crippen LogP contribution in [0.15, 0.2) is 0 Å². The highest BCUT2D eigenvalue weighted by atomic mass is 16.3. The minimum Gasteiger partial charge on any atom is -0.391 e. The Bertz CT molecular complexity index is 234. The van der Waals surface area contributed by atoms with Crippen LogP contribution < -0.4 is 10.6 Å². The molecule has 0 fully saturated rings. The van der Waals surface area contributed by atoms with Crippen LogP contribution in [0.3, 0.4) is 0 Å². The summed E-state index contributed by atoms with van der Waals surface area (Å²) in [4.78, 5) is 11.6. The number of aliphatic hydroxyl groups is 1. The molecule has 0 saturated carbocycles. The molecule has 0 radical (unpaired) electrons. The number of carbonyl (C=O) groups is 1. The van der Waals surface area contributed by atoms with Gasteiger partial charge in [-0.1, -0.05) is 34.6 Å². The normalized spacial score (nSPS) is 15.5. The Morgan fingerprint density at radius 1 is 1.24 bits per heavy atom. The Morgan fingerprint density at radius 2 is 1.76 bits per heavy atom. The van der Waals surface area contributed by atoms with Crippen LogP contribution in [0.25, 0.3) is 0 Å². The fourth-order valence-corrected chi connectivity index (χ4v) is 1.30. The zero-order chi connectivity index (χ0) is 13.6. The fourth-order valence-electron chi connectivity index (χ4n) is 1.30. The van der Waals surface area contributed by atoms with Crippen LogP contribution in [-0.4, -0.2) is 29.8 Å². The fraction of sp³-hybridized carbons (Fsp3) is 0.923. The molecule has 17 heavy (non-hydrogen) atoms. The highest BCUT2D eigenvalue weighted by Crippen LogP contribution is 2.18. The van der Waals surface area contributed by atoms with E-state index in [1.807, 2.05) is 20.8 Å². The van der Waals surface area contributed by atoms with Crippen molar-refractivity contribution in [2.24, 2.45) is 11.3 Å². The van der Waals surface area contributed by atoms with Crippen LogP contribution in [-0.2, 0) is 0 Å². The van der Waals surface area contributed by atoms with E-state index in [4.69, 9.17) is 0 Å². The van der Waals surface area contributed by atoms with Gasteiger partial charge in [0.2, 0.25) is 0 Å². The molecule has 2 unspecified atom stereocenters. The lowest BCUT2D eigenvalue weighted by Crippen LogP contribution is -2.48. The lowest BCUT2D eigenvalue weighted by Gasteiger charge is -2.28. The molecule has 0 bridgehead atoms. The van der Waals surface area contributed by atoms with Crippen molar-refractivity contribution >= 4 is 6.03 Å². The second-order valence-corrected chi connectivity index (χ2v) is 6.23. The smallest absolute Gasteiger partial charge is 0.315 e. The molecule has 2 amide bonds. The second-order valence-electron chi connectivity index (χ2n) is 6.23. The van der Waals surface area contributed by atoms with Gasteiger partial charge in [-0.3, -0.25) is 0 Å². The summed E-state index contributed by atoms with van der Waals surface area (Å²) in [6.07, 6.45) is 0.237. The number of aliphatic hydroxyl groups excluding tert-OH is 1. The average molecular weight is 244 g/mol. The number of amides is 2. The molecule has 0 aliphatic rings. The van der Waals surface area contributed by atoms with E-state index >= 15 is 0 Å². The molecular weight excluding hydrogens is 216 g/mol. The van der Waals surface area contributed by atoms with E-state index < -0.39 is 6.10 Å². The van der Waals surface area contributed by atoms with E-state index in [0.717, 1.165) is 0 Å². The second kappa shape index (κ2) is 6.84. The van der Waals surface area contributed by atoms with Crippen molar-refractivity contribution in [2.75, 3.05) is 6.54 Å². The van der Waals surface area contributed by atoms with Crippen molar-refractivity contribution in [1.82, 2.24) is 10.6 Å². The van der Waals surface area contributed by atoms with Gasteiger partial charge in [0.1, 0.15) is 0 Å². The molecule has 4 heteroatoms. The van der Waals surface area contributed by atoms with E-state index in [-0.39, 0.29) is 17.5 Å². The summed E-state index contributed by atoms with van der Waals surface area (Å²) < 4.78 is 0. The maximum atomic E-state index is 11.6. The van der Waals surface area contributed by atoms with Crippen molar-refractivity contribution in [3.8, 4) is 0 Å². The summed E-state index contributed by atoms with van der Waals surface area (Å²) in [5, 5.41) is 15.2. The van der Waals surface area contributed by atoms with Crippen LogP contribution in [0, 0.1) is 11.3 Å². The van der Waals surface area contributed by atoms with E-state index in [9.17, 15) is 9.90 Å². The molecule has 0 aliphatic heterocycles. The first-order valence-corrected chi connectivity index (χ1v) is 6.35. The third-order valence-corrected chi connectivity index (χ3v) is 2.89. The molecule has 0 aromatic rings. The molecule has 0 saturated heterocycles. The Morgan fingerprint density at radius 3 is 2.18 bits per heavy atom. The van der Waals surface area contributed by atoms with E-state index in [0.29, 0.717) is 18.9 Å². The van der Waals surface area contributed by atoms with Gasteiger partial charge in [0.25, 0.3) is 0 Å². The lowest BCUT2D eigenvalue weighted by molar-refractivity contribution is 0.145. The van der Waals surface area contributed by atoms with E-state index in [2.05, 4.69) is 31.4 Å². The SMILES string of the molecule is CC(C)CC(O)CNC(=O)NC(C)C(C)(C)C.